The average Bonchev–Trinajstić information content (AvgIpc) is 2.48. The van der Waals surface area contributed by atoms with E-state index in [1.807, 2.05) is 20.8 Å². The van der Waals surface area contributed by atoms with Crippen molar-refractivity contribution >= 4 is 15.8 Å². The number of pyridine rings is 1. The predicted molar refractivity (Wildman–Crippen MR) is 83.9 cm³/mol. The molecule has 0 amide bonds. The monoisotopic (exact) mass is 315 g/mol. The maximum absolute atomic E-state index is 12.7. The van der Waals surface area contributed by atoms with E-state index in [1.54, 1.807) is 19.2 Å². The van der Waals surface area contributed by atoms with Crippen LogP contribution in [0.2, 0.25) is 0 Å². The molecule has 1 N–H and O–H groups in total. The third-order valence-electron chi connectivity index (χ3n) is 3.30. The zero-order chi connectivity index (χ0) is 15.9. The summed E-state index contributed by atoms with van der Waals surface area (Å²) in [5, 5.41) is 3.04. The fraction of sp³-hybridized carbons (Fsp3) is 0.643. The lowest BCUT2D eigenvalue weighted by Crippen LogP contribution is -2.40. The van der Waals surface area contributed by atoms with Crippen LogP contribution < -0.4 is 5.32 Å². The molecule has 0 bridgehead atoms. The van der Waals surface area contributed by atoms with Gasteiger partial charge in [0.2, 0.25) is 10.0 Å². The van der Waals surface area contributed by atoms with Crippen molar-refractivity contribution in [2.24, 2.45) is 0 Å². The third-order valence-corrected chi connectivity index (χ3v) is 5.30. The number of nitrogens with one attached hydrogen (secondary N) is 1. The first-order valence-corrected chi connectivity index (χ1v) is 8.62. The summed E-state index contributed by atoms with van der Waals surface area (Å²) in [7, 11) is -1.99. The predicted octanol–water partition coefficient (Wildman–Crippen LogP) is 1.95. The molecule has 0 aromatic carbocycles. The van der Waals surface area contributed by atoms with Crippen LogP contribution in [0.4, 0.5) is 5.82 Å². The number of sulfonamides is 1. The fourth-order valence-corrected chi connectivity index (χ4v) is 3.55. The van der Waals surface area contributed by atoms with E-state index in [2.05, 4.69) is 10.3 Å². The quantitative estimate of drug-likeness (QED) is 0.754. The Morgan fingerprint density at radius 1 is 1.38 bits per heavy atom. The van der Waals surface area contributed by atoms with Crippen LogP contribution in [-0.4, -0.2) is 50.6 Å². The number of anilines is 1. The number of hydrogen-bond donors (Lipinski definition) is 1. The average molecular weight is 315 g/mol. The molecular formula is C14H25N3O3S. The fourth-order valence-electron chi connectivity index (χ4n) is 1.92. The lowest BCUT2D eigenvalue weighted by molar-refractivity contribution is 0.167. The summed E-state index contributed by atoms with van der Waals surface area (Å²) in [6.45, 7) is 7.27. The molecule has 0 radical (unpaired) electrons. The van der Waals surface area contributed by atoms with Crippen molar-refractivity contribution in [1.82, 2.24) is 9.29 Å². The van der Waals surface area contributed by atoms with Gasteiger partial charge >= 0.3 is 0 Å². The van der Waals surface area contributed by atoms with Gasteiger partial charge in [-0.15, -0.1) is 0 Å². The van der Waals surface area contributed by atoms with Crippen LogP contribution in [0, 0.1) is 0 Å². The van der Waals surface area contributed by atoms with Gasteiger partial charge in [-0.3, -0.25) is 0 Å². The van der Waals surface area contributed by atoms with Crippen LogP contribution in [0.1, 0.15) is 27.2 Å². The molecule has 0 fully saturated rings. The van der Waals surface area contributed by atoms with Gasteiger partial charge < -0.3 is 10.1 Å². The van der Waals surface area contributed by atoms with Crippen molar-refractivity contribution in [3.63, 3.8) is 0 Å². The van der Waals surface area contributed by atoms with Crippen molar-refractivity contribution in [2.75, 3.05) is 32.1 Å². The van der Waals surface area contributed by atoms with Crippen molar-refractivity contribution < 1.29 is 13.2 Å². The third kappa shape index (κ3) is 4.66. The highest BCUT2D eigenvalue weighted by molar-refractivity contribution is 7.89. The molecule has 7 heteroatoms. The van der Waals surface area contributed by atoms with Crippen LogP contribution in [0.15, 0.2) is 23.2 Å². The second kappa shape index (κ2) is 8.31. The van der Waals surface area contributed by atoms with Gasteiger partial charge in [0, 0.05) is 32.4 Å². The molecule has 1 unspecified atom stereocenters. The highest BCUT2D eigenvalue weighted by Gasteiger charge is 2.28. The van der Waals surface area contributed by atoms with Gasteiger partial charge in [0.1, 0.15) is 10.7 Å². The normalized spacial score (nSPS) is 13.4. The van der Waals surface area contributed by atoms with E-state index in [4.69, 9.17) is 4.74 Å². The Balaban J connectivity index is 3.03. The smallest absolute Gasteiger partial charge is 0.244 e. The molecule has 120 valence electrons. The van der Waals surface area contributed by atoms with E-state index < -0.39 is 10.0 Å². The van der Waals surface area contributed by atoms with E-state index >= 15 is 0 Å². The van der Waals surface area contributed by atoms with E-state index in [0.717, 1.165) is 13.0 Å². The highest BCUT2D eigenvalue weighted by atomic mass is 32.2. The Bertz CT molecular complexity index is 517. The molecular weight excluding hydrogens is 290 g/mol. The molecule has 1 rings (SSSR count). The van der Waals surface area contributed by atoms with Gasteiger partial charge in [0.15, 0.2) is 0 Å². The van der Waals surface area contributed by atoms with E-state index in [1.165, 1.54) is 10.5 Å². The summed E-state index contributed by atoms with van der Waals surface area (Å²) in [4.78, 5) is 4.34. The lowest BCUT2D eigenvalue weighted by Gasteiger charge is -2.27. The molecule has 1 atom stereocenters. The van der Waals surface area contributed by atoms with Crippen LogP contribution in [-0.2, 0) is 14.8 Å². The largest absolute Gasteiger partial charge is 0.383 e. The molecule has 0 aliphatic carbocycles. The molecule has 0 saturated carbocycles. The number of methoxy groups -OCH3 is 1. The molecule has 1 aromatic heterocycles. The maximum Gasteiger partial charge on any atom is 0.244 e. The minimum atomic E-state index is -3.55. The maximum atomic E-state index is 12.7. The zero-order valence-corrected chi connectivity index (χ0v) is 14.0. The molecule has 1 aromatic rings. The standard InChI is InChI=1S/C14H25N3O3S/c1-5-12(3)17(9-10-20-4)21(18,19)13-7-8-14(15-6-2)16-11-13/h7-8,11-12H,5-6,9-10H2,1-4H3,(H,15,16). The molecule has 0 saturated heterocycles. The second-order valence-electron chi connectivity index (χ2n) is 4.78. The van der Waals surface area contributed by atoms with Crippen molar-refractivity contribution in [3.05, 3.63) is 18.3 Å². The first kappa shape index (κ1) is 17.9. The number of hydrogen-bond acceptors (Lipinski definition) is 5. The van der Waals surface area contributed by atoms with Gasteiger partial charge in [-0.1, -0.05) is 6.92 Å². The van der Waals surface area contributed by atoms with Crippen molar-refractivity contribution in [1.29, 1.82) is 0 Å². The van der Waals surface area contributed by atoms with Gasteiger partial charge in [-0.2, -0.15) is 4.31 Å². The summed E-state index contributed by atoms with van der Waals surface area (Å²) in [6, 6.07) is 3.18. The summed E-state index contributed by atoms with van der Waals surface area (Å²) in [6.07, 6.45) is 2.14. The van der Waals surface area contributed by atoms with E-state index in [-0.39, 0.29) is 10.9 Å². The van der Waals surface area contributed by atoms with Crippen LogP contribution in [0.5, 0.6) is 0 Å². The van der Waals surface area contributed by atoms with Crippen LogP contribution >= 0.6 is 0 Å². The summed E-state index contributed by atoms with van der Waals surface area (Å²) < 4.78 is 31.9. The Morgan fingerprint density at radius 3 is 2.57 bits per heavy atom. The van der Waals surface area contributed by atoms with Gasteiger partial charge in [-0.25, -0.2) is 13.4 Å². The number of aromatic nitrogens is 1. The summed E-state index contributed by atoms with van der Waals surface area (Å²) in [5.41, 5.74) is 0. The van der Waals surface area contributed by atoms with E-state index in [0.29, 0.717) is 19.0 Å². The minimum Gasteiger partial charge on any atom is -0.383 e. The SMILES string of the molecule is CCNc1ccc(S(=O)(=O)N(CCOC)C(C)CC)cn1. The van der Waals surface area contributed by atoms with Crippen LogP contribution in [0.3, 0.4) is 0 Å². The molecule has 0 aliphatic rings. The van der Waals surface area contributed by atoms with Crippen molar-refractivity contribution in [2.45, 2.75) is 38.1 Å². The molecule has 1 heterocycles. The molecule has 6 nitrogen and oxygen atoms in total. The topological polar surface area (TPSA) is 71.5 Å². The van der Waals surface area contributed by atoms with Crippen LogP contribution in [0.25, 0.3) is 0 Å². The summed E-state index contributed by atoms with van der Waals surface area (Å²) in [5.74, 6) is 0.670. The Morgan fingerprint density at radius 2 is 2.10 bits per heavy atom. The summed E-state index contributed by atoms with van der Waals surface area (Å²) >= 11 is 0. The Labute approximate surface area is 127 Å². The zero-order valence-electron chi connectivity index (χ0n) is 13.2. The first-order chi connectivity index (χ1) is 9.97. The Hall–Kier alpha value is -1.18. The van der Waals surface area contributed by atoms with E-state index in [9.17, 15) is 8.42 Å². The molecule has 0 aliphatic heterocycles. The molecule has 0 spiro atoms. The number of ether oxygens (including phenoxy) is 1. The minimum absolute atomic E-state index is 0.0846. The highest BCUT2D eigenvalue weighted by Crippen LogP contribution is 2.19. The lowest BCUT2D eigenvalue weighted by atomic mass is 10.3. The van der Waals surface area contributed by atoms with Gasteiger partial charge in [0.25, 0.3) is 0 Å². The molecule has 21 heavy (non-hydrogen) atoms. The van der Waals surface area contributed by atoms with Gasteiger partial charge in [0.05, 0.1) is 6.61 Å². The second-order valence-corrected chi connectivity index (χ2v) is 6.67. The first-order valence-electron chi connectivity index (χ1n) is 7.18. The number of nitrogens with zero attached hydrogens (tertiary/aromatic N) is 2. The van der Waals surface area contributed by atoms with Crippen molar-refractivity contribution in [3.8, 4) is 0 Å². The Kier molecular flexibility index (Phi) is 7.07. The van der Waals surface area contributed by atoms with Gasteiger partial charge in [-0.05, 0) is 32.4 Å². The number of rotatable bonds is 9.